The Labute approximate surface area is 213 Å². The molecule has 1 aliphatic heterocycles. The summed E-state index contributed by atoms with van der Waals surface area (Å²) in [6.07, 6.45) is 1.03. The summed E-state index contributed by atoms with van der Waals surface area (Å²) < 4.78 is 11.4. The van der Waals surface area contributed by atoms with Crippen molar-refractivity contribution in [2.75, 3.05) is 0 Å². The third-order valence-corrected chi connectivity index (χ3v) is 6.66. The predicted molar refractivity (Wildman–Crippen MR) is 141 cm³/mol. The molecule has 1 unspecified atom stereocenters. The van der Waals surface area contributed by atoms with Gasteiger partial charge in [0.2, 0.25) is 0 Å². The number of rotatable bonds is 8. The lowest BCUT2D eigenvalue weighted by atomic mass is 9.91. The minimum absolute atomic E-state index is 0.176. The van der Waals surface area contributed by atoms with Crippen molar-refractivity contribution in [3.8, 4) is 11.3 Å². The van der Waals surface area contributed by atoms with Gasteiger partial charge in [0, 0.05) is 30.9 Å². The van der Waals surface area contributed by atoms with Crippen molar-refractivity contribution in [3.63, 3.8) is 0 Å². The molecule has 1 aliphatic rings. The molecule has 3 aromatic rings. The van der Waals surface area contributed by atoms with Gasteiger partial charge in [-0.15, -0.1) is 0 Å². The quantitative estimate of drug-likeness (QED) is 0.316. The second-order valence-corrected chi connectivity index (χ2v) is 10.7. The van der Waals surface area contributed by atoms with E-state index in [1.165, 1.54) is 18.1 Å². The van der Waals surface area contributed by atoms with Crippen molar-refractivity contribution in [1.82, 2.24) is 5.16 Å². The van der Waals surface area contributed by atoms with Crippen molar-refractivity contribution in [2.45, 2.75) is 84.8 Å². The number of nitrogens with zero attached hydrogens (tertiary/aromatic N) is 2. The Balaban J connectivity index is 1.61. The van der Waals surface area contributed by atoms with Gasteiger partial charge in [-0.1, -0.05) is 86.5 Å². The molecular formula is C30H36N2O4. The zero-order valence-electron chi connectivity index (χ0n) is 22.3. The number of oxime groups is 1. The molecule has 1 atom stereocenters. The van der Waals surface area contributed by atoms with Crippen LogP contribution in [0.5, 0.6) is 0 Å². The SMILES string of the molecule is CC(=O)OC(C)(C)c1onc(-c2ccc(C(C)C)cc2)c1CC1CC(c2ccc(C(C)C)cc2)=NO1. The predicted octanol–water partition coefficient (Wildman–Crippen LogP) is 7.12. The molecule has 0 aliphatic carbocycles. The summed E-state index contributed by atoms with van der Waals surface area (Å²) in [5.74, 6) is 1.07. The van der Waals surface area contributed by atoms with E-state index in [0.29, 0.717) is 30.4 Å². The molecule has 2 heterocycles. The molecule has 0 saturated heterocycles. The topological polar surface area (TPSA) is 73.9 Å². The van der Waals surface area contributed by atoms with E-state index in [1.54, 1.807) is 0 Å². The fraction of sp³-hybridized carbons (Fsp3) is 0.433. The molecule has 0 spiro atoms. The fourth-order valence-electron chi connectivity index (χ4n) is 4.63. The number of benzene rings is 2. The van der Waals surface area contributed by atoms with Crippen LogP contribution in [0, 0.1) is 0 Å². The van der Waals surface area contributed by atoms with E-state index in [1.807, 2.05) is 13.8 Å². The number of hydrogen-bond acceptors (Lipinski definition) is 6. The van der Waals surface area contributed by atoms with E-state index >= 15 is 0 Å². The molecule has 6 nitrogen and oxygen atoms in total. The van der Waals surface area contributed by atoms with Crippen molar-refractivity contribution >= 4 is 11.7 Å². The first-order chi connectivity index (χ1) is 17.0. The Hall–Kier alpha value is -3.41. The van der Waals surface area contributed by atoms with Crippen LogP contribution in [0.3, 0.4) is 0 Å². The maximum atomic E-state index is 11.8. The van der Waals surface area contributed by atoms with Crippen LogP contribution in [0.25, 0.3) is 11.3 Å². The maximum absolute atomic E-state index is 11.8. The smallest absolute Gasteiger partial charge is 0.303 e. The first-order valence-corrected chi connectivity index (χ1v) is 12.7. The Bertz CT molecular complexity index is 1230. The normalized spacial score (nSPS) is 15.8. The number of esters is 1. The van der Waals surface area contributed by atoms with Crippen LogP contribution in [0.4, 0.5) is 0 Å². The molecule has 0 fully saturated rings. The monoisotopic (exact) mass is 488 g/mol. The van der Waals surface area contributed by atoms with Crippen LogP contribution in [0.2, 0.25) is 0 Å². The second-order valence-electron chi connectivity index (χ2n) is 10.7. The highest BCUT2D eigenvalue weighted by Gasteiger charge is 2.36. The highest BCUT2D eigenvalue weighted by atomic mass is 16.6. The van der Waals surface area contributed by atoms with Crippen LogP contribution in [0.1, 0.15) is 94.7 Å². The Kier molecular flexibility index (Phi) is 7.34. The summed E-state index contributed by atoms with van der Waals surface area (Å²) >= 11 is 0. The Morgan fingerprint density at radius 1 is 0.972 bits per heavy atom. The van der Waals surface area contributed by atoms with Gasteiger partial charge in [-0.05, 0) is 42.4 Å². The minimum Gasteiger partial charge on any atom is -0.452 e. The molecule has 0 radical (unpaired) electrons. The average Bonchev–Trinajstić information content (AvgIpc) is 3.46. The van der Waals surface area contributed by atoms with Crippen LogP contribution in [0.15, 0.2) is 58.2 Å². The molecule has 190 valence electrons. The van der Waals surface area contributed by atoms with Gasteiger partial charge in [0.25, 0.3) is 0 Å². The molecule has 1 aromatic heterocycles. The van der Waals surface area contributed by atoms with Crippen molar-refractivity contribution < 1.29 is 18.9 Å². The van der Waals surface area contributed by atoms with E-state index in [-0.39, 0.29) is 12.1 Å². The van der Waals surface area contributed by atoms with Crippen molar-refractivity contribution in [3.05, 3.63) is 76.5 Å². The Morgan fingerprint density at radius 2 is 1.53 bits per heavy atom. The van der Waals surface area contributed by atoms with Gasteiger partial charge in [-0.25, -0.2) is 0 Å². The van der Waals surface area contributed by atoms with Gasteiger partial charge in [0.1, 0.15) is 11.8 Å². The third kappa shape index (κ3) is 5.53. The molecule has 0 N–H and O–H groups in total. The summed E-state index contributed by atoms with van der Waals surface area (Å²) in [5, 5.41) is 8.82. The van der Waals surface area contributed by atoms with E-state index in [2.05, 4.69) is 86.5 Å². The standard InChI is InChI=1S/C30H36N2O4/c1-18(2)21-8-12-23(13-9-21)27-17-25(35-31-27)16-26-28(24-14-10-22(11-15-24)19(3)4)32-36-29(26)30(6,7)34-20(5)33/h8-15,18-19,25H,16-17H2,1-7H3. The van der Waals surface area contributed by atoms with Crippen LogP contribution in [-0.2, 0) is 26.4 Å². The average molecular weight is 489 g/mol. The van der Waals surface area contributed by atoms with E-state index in [4.69, 9.17) is 14.1 Å². The highest BCUT2D eigenvalue weighted by molar-refractivity contribution is 6.01. The highest BCUT2D eigenvalue weighted by Crippen LogP contribution is 2.37. The molecule has 4 rings (SSSR count). The van der Waals surface area contributed by atoms with Gasteiger partial charge >= 0.3 is 5.97 Å². The zero-order chi connectivity index (χ0) is 26.0. The molecular weight excluding hydrogens is 452 g/mol. The summed E-state index contributed by atoms with van der Waals surface area (Å²) in [7, 11) is 0. The van der Waals surface area contributed by atoms with E-state index in [0.717, 1.165) is 28.1 Å². The van der Waals surface area contributed by atoms with Gasteiger partial charge in [0.05, 0.1) is 5.71 Å². The van der Waals surface area contributed by atoms with E-state index < -0.39 is 5.60 Å². The summed E-state index contributed by atoms with van der Waals surface area (Å²) in [4.78, 5) is 17.7. The fourth-order valence-corrected chi connectivity index (χ4v) is 4.63. The number of ether oxygens (including phenoxy) is 1. The molecule has 0 saturated carbocycles. The molecule has 0 bridgehead atoms. The van der Waals surface area contributed by atoms with E-state index in [9.17, 15) is 4.79 Å². The molecule has 36 heavy (non-hydrogen) atoms. The second kappa shape index (κ2) is 10.3. The largest absolute Gasteiger partial charge is 0.452 e. The number of carbonyl (C=O) groups is 1. The van der Waals surface area contributed by atoms with Gasteiger partial charge in [0.15, 0.2) is 11.4 Å². The lowest BCUT2D eigenvalue weighted by molar-refractivity contribution is -0.156. The number of aromatic nitrogens is 1. The summed E-state index contributed by atoms with van der Waals surface area (Å²) in [6, 6.07) is 16.9. The summed E-state index contributed by atoms with van der Waals surface area (Å²) in [5.41, 5.74) is 6.13. The molecule has 2 aromatic carbocycles. The molecule has 0 amide bonds. The van der Waals surface area contributed by atoms with Gasteiger partial charge in [-0.2, -0.15) is 0 Å². The first kappa shape index (κ1) is 25.7. The van der Waals surface area contributed by atoms with Crippen LogP contribution in [-0.4, -0.2) is 22.9 Å². The molecule has 6 heteroatoms. The van der Waals surface area contributed by atoms with Crippen LogP contribution < -0.4 is 0 Å². The van der Waals surface area contributed by atoms with Crippen molar-refractivity contribution in [2.24, 2.45) is 5.16 Å². The minimum atomic E-state index is -0.973. The van der Waals surface area contributed by atoms with Gasteiger partial charge in [-0.3, -0.25) is 4.79 Å². The lowest BCUT2D eigenvalue weighted by Gasteiger charge is -2.23. The lowest BCUT2D eigenvalue weighted by Crippen LogP contribution is -2.26. The Morgan fingerprint density at radius 3 is 2.06 bits per heavy atom. The maximum Gasteiger partial charge on any atom is 0.303 e. The third-order valence-electron chi connectivity index (χ3n) is 6.66. The number of carbonyl (C=O) groups excluding carboxylic acids is 1. The summed E-state index contributed by atoms with van der Waals surface area (Å²) in [6.45, 7) is 13.7. The van der Waals surface area contributed by atoms with Crippen molar-refractivity contribution in [1.29, 1.82) is 0 Å². The number of hydrogen-bond donors (Lipinski definition) is 0. The first-order valence-electron chi connectivity index (χ1n) is 12.7. The van der Waals surface area contributed by atoms with Crippen LogP contribution >= 0.6 is 0 Å². The zero-order valence-corrected chi connectivity index (χ0v) is 22.3. The van der Waals surface area contributed by atoms with Gasteiger partial charge < -0.3 is 14.1 Å².